The van der Waals surface area contributed by atoms with E-state index in [0.717, 1.165) is 5.92 Å². The molecule has 0 saturated heterocycles. The minimum Gasteiger partial charge on any atom is -0.0885 e. The number of rotatable bonds is 2. The first-order valence-corrected chi connectivity index (χ1v) is 5.55. The van der Waals surface area contributed by atoms with Gasteiger partial charge in [-0.2, -0.15) is 0 Å². The molecular formula is C14H18. The van der Waals surface area contributed by atoms with Crippen LogP contribution in [0.1, 0.15) is 30.4 Å². The molecule has 2 rings (SSSR count). The number of hydrogen-bond donors (Lipinski definition) is 0. The van der Waals surface area contributed by atoms with Crippen LogP contribution >= 0.6 is 0 Å². The van der Waals surface area contributed by atoms with Gasteiger partial charge in [0.2, 0.25) is 0 Å². The first-order chi connectivity index (χ1) is 6.84. The second-order valence-corrected chi connectivity index (χ2v) is 4.34. The smallest absolute Gasteiger partial charge is 0.0247 e. The van der Waals surface area contributed by atoms with Gasteiger partial charge >= 0.3 is 0 Å². The number of aryl methyl sites for hydroxylation is 1. The van der Waals surface area contributed by atoms with Crippen molar-refractivity contribution in [3.63, 3.8) is 0 Å². The van der Waals surface area contributed by atoms with E-state index in [2.05, 4.69) is 43.3 Å². The Bertz CT molecular complexity index is 305. The van der Waals surface area contributed by atoms with Gasteiger partial charge in [0, 0.05) is 0 Å². The third kappa shape index (κ3) is 2.47. The Kier molecular flexibility index (Phi) is 3.03. The lowest BCUT2D eigenvalue weighted by Crippen LogP contribution is -2.05. The highest BCUT2D eigenvalue weighted by Gasteiger charge is 2.09. The molecule has 0 heterocycles. The Morgan fingerprint density at radius 3 is 2.57 bits per heavy atom. The van der Waals surface area contributed by atoms with E-state index in [-0.39, 0.29) is 0 Å². The number of hydrogen-bond acceptors (Lipinski definition) is 0. The average molecular weight is 186 g/mol. The molecule has 0 amide bonds. The molecule has 1 aliphatic carbocycles. The normalized spacial score (nSPS) is 21.1. The van der Waals surface area contributed by atoms with Crippen molar-refractivity contribution in [2.24, 2.45) is 5.92 Å². The SMILES string of the molecule is Cc1ccc(CC2CC=CCC2)cc1. The van der Waals surface area contributed by atoms with Crippen molar-refractivity contribution in [3.8, 4) is 0 Å². The van der Waals surface area contributed by atoms with Gasteiger partial charge in [0.25, 0.3) is 0 Å². The predicted octanol–water partition coefficient (Wildman–Crippen LogP) is 3.89. The summed E-state index contributed by atoms with van der Waals surface area (Å²) in [4.78, 5) is 0. The van der Waals surface area contributed by atoms with Crippen LogP contribution in [0.15, 0.2) is 36.4 Å². The maximum atomic E-state index is 2.34. The lowest BCUT2D eigenvalue weighted by atomic mass is 9.88. The molecule has 0 heteroatoms. The molecule has 14 heavy (non-hydrogen) atoms. The summed E-state index contributed by atoms with van der Waals surface area (Å²) in [5.41, 5.74) is 2.85. The van der Waals surface area contributed by atoms with Crippen LogP contribution in [0.2, 0.25) is 0 Å². The molecule has 0 aromatic heterocycles. The molecular weight excluding hydrogens is 168 g/mol. The molecule has 0 N–H and O–H groups in total. The summed E-state index contributed by atoms with van der Waals surface area (Å²) in [5, 5.41) is 0. The fraction of sp³-hybridized carbons (Fsp3) is 0.429. The van der Waals surface area contributed by atoms with Crippen LogP contribution in [-0.4, -0.2) is 0 Å². The van der Waals surface area contributed by atoms with E-state index in [9.17, 15) is 0 Å². The van der Waals surface area contributed by atoms with Crippen LogP contribution < -0.4 is 0 Å². The highest BCUT2D eigenvalue weighted by Crippen LogP contribution is 2.22. The average Bonchev–Trinajstić information content (AvgIpc) is 2.23. The molecule has 1 aromatic carbocycles. The Morgan fingerprint density at radius 2 is 1.93 bits per heavy atom. The third-order valence-corrected chi connectivity index (χ3v) is 3.02. The summed E-state index contributed by atoms with van der Waals surface area (Å²) in [6.07, 6.45) is 9.81. The lowest BCUT2D eigenvalue weighted by Gasteiger charge is -2.17. The van der Waals surface area contributed by atoms with E-state index in [1.165, 1.54) is 36.8 Å². The topological polar surface area (TPSA) is 0 Å². The van der Waals surface area contributed by atoms with Crippen molar-refractivity contribution in [1.29, 1.82) is 0 Å². The molecule has 1 aromatic rings. The zero-order valence-corrected chi connectivity index (χ0v) is 8.87. The Morgan fingerprint density at radius 1 is 1.14 bits per heavy atom. The Hall–Kier alpha value is -1.04. The summed E-state index contributed by atoms with van der Waals surface area (Å²) >= 11 is 0. The molecule has 1 unspecified atom stereocenters. The lowest BCUT2D eigenvalue weighted by molar-refractivity contribution is 0.477. The molecule has 0 radical (unpaired) electrons. The van der Waals surface area contributed by atoms with Crippen LogP contribution in [0.4, 0.5) is 0 Å². The first kappa shape index (κ1) is 9.51. The molecule has 0 nitrogen and oxygen atoms in total. The van der Waals surface area contributed by atoms with E-state index in [1.54, 1.807) is 0 Å². The van der Waals surface area contributed by atoms with Crippen molar-refractivity contribution >= 4 is 0 Å². The number of allylic oxidation sites excluding steroid dienone is 2. The monoisotopic (exact) mass is 186 g/mol. The van der Waals surface area contributed by atoms with Crippen LogP contribution in [0, 0.1) is 12.8 Å². The second-order valence-electron chi connectivity index (χ2n) is 4.34. The highest BCUT2D eigenvalue weighted by molar-refractivity contribution is 5.21. The van der Waals surface area contributed by atoms with Gasteiger partial charge in [0.1, 0.15) is 0 Å². The molecule has 74 valence electrons. The van der Waals surface area contributed by atoms with Crippen LogP contribution in [-0.2, 0) is 6.42 Å². The maximum Gasteiger partial charge on any atom is -0.0247 e. The predicted molar refractivity (Wildman–Crippen MR) is 61.4 cm³/mol. The molecule has 0 fully saturated rings. The zero-order chi connectivity index (χ0) is 9.80. The highest BCUT2D eigenvalue weighted by atomic mass is 14.1. The Labute approximate surface area is 86.7 Å². The van der Waals surface area contributed by atoms with Gasteiger partial charge in [-0.1, -0.05) is 42.0 Å². The van der Waals surface area contributed by atoms with E-state index in [1.807, 2.05) is 0 Å². The largest absolute Gasteiger partial charge is 0.0885 e. The van der Waals surface area contributed by atoms with Gasteiger partial charge in [0.05, 0.1) is 0 Å². The molecule has 1 atom stereocenters. The van der Waals surface area contributed by atoms with E-state index < -0.39 is 0 Å². The van der Waals surface area contributed by atoms with Crippen molar-refractivity contribution in [1.82, 2.24) is 0 Å². The van der Waals surface area contributed by atoms with Crippen molar-refractivity contribution < 1.29 is 0 Å². The molecule has 0 saturated carbocycles. The van der Waals surface area contributed by atoms with Crippen LogP contribution in [0.25, 0.3) is 0 Å². The minimum atomic E-state index is 0.878. The van der Waals surface area contributed by atoms with Gasteiger partial charge < -0.3 is 0 Å². The van der Waals surface area contributed by atoms with Gasteiger partial charge in [-0.3, -0.25) is 0 Å². The van der Waals surface area contributed by atoms with Gasteiger partial charge in [-0.05, 0) is 44.1 Å². The Balaban J connectivity index is 1.96. The third-order valence-electron chi connectivity index (χ3n) is 3.02. The second kappa shape index (κ2) is 4.45. The number of benzene rings is 1. The van der Waals surface area contributed by atoms with E-state index >= 15 is 0 Å². The molecule has 0 bridgehead atoms. The van der Waals surface area contributed by atoms with Gasteiger partial charge in [-0.15, -0.1) is 0 Å². The molecule has 1 aliphatic rings. The summed E-state index contributed by atoms with van der Waals surface area (Å²) in [6.45, 7) is 2.15. The molecule has 0 spiro atoms. The van der Waals surface area contributed by atoms with Gasteiger partial charge in [-0.25, -0.2) is 0 Å². The van der Waals surface area contributed by atoms with Gasteiger partial charge in [0.15, 0.2) is 0 Å². The minimum absolute atomic E-state index is 0.878. The van der Waals surface area contributed by atoms with Crippen molar-refractivity contribution in [2.45, 2.75) is 32.6 Å². The zero-order valence-electron chi connectivity index (χ0n) is 8.87. The van der Waals surface area contributed by atoms with Crippen molar-refractivity contribution in [2.75, 3.05) is 0 Å². The molecule has 0 aliphatic heterocycles. The summed E-state index contributed by atoms with van der Waals surface area (Å²) in [7, 11) is 0. The summed E-state index contributed by atoms with van der Waals surface area (Å²) < 4.78 is 0. The first-order valence-electron chi connectivity index (χ1n) is 5.55. The summed E-state index contributed by atoms with van der Waals surface area (Å²) in [5.74, 6) is 0.878. The fourth-order valence-corrected chi connectivity index (χ4v) is 2.10. The fourth-order valence-electron chi connectivity index (χ4n) is 2.10. The summed E-state index contributed by atoms with van der Waals surface area (Å²) in [6, 6.07) is 8.98. The van der Waals surface area contributed by atoms with E-state index in [4.69, 9.17) is 0 Å². The van der Waals surface area contributed by atoms with Crippen LogP contribution in [0.3, 0.4) is 0 Å². The van der Waals surface area contributed by atoms with Crippen molar-refractivity contribution in [3.05, 3.63) is 47.5 Å². The van der Waals surface area contributed by atoms with E-state index in [0.29, 0.717) is 0 Å². The maximum absolute atomic E-state index is 2.34. The standard InChI is InChI=1S/C14H18/c1-12-7-9-14(10-8-12)11-13-5-3-2-4-6-13/h2-3,7-10,13H,4-6,11H2,1H3. The quantitative estimate of drug-likeness (QED) is 0.615. The van der Waals surface area contributed by atoms with Crippen LogP contribution in [0.5, 0.6) is 0 Å².